The summed E-state index contributed by atoms with van der Waals surface area (Å²) in [5.41, 5.74) is 7.55. The van der Waals surface area contributed by atoms with E-state index in [2.05, 4.69) is 9.97 Å². The molecule has 0 amide bonds. The number of nitrogens with two attached hydrogens (primary N) is 1. The Morgan fingerprint density at radius 2 is 1.75 bits per heavy atom. The minimum absolute atomic E-state index is 0.0544. The van der Waals surface area contributed by atoms with Crippen LogP contribution in [0.3, 0.4) is 0 Å². The van der Waals surface area contributed by atoms with Gasteiger partial charge in [-0.25, -0.2) is 9.97 Å². The molecule has 0 saturated heterocycles. The van der Waals surface area contributed by atoms with E-state index in [1.807, 2.05) is 24.3 Å². The van der Waals surface area contributed by atoms with Gasteiger partial charge in [0, 0.05) is 18.0 Å². The van der Waals surface area contributed by atoms with E-state index < -0.39 is 0 Å². The molecule has 0 aliphatic carbocycles. The van der Waals surface area contributed by atoms with Crippen LogP contribution in [-0.4, -0.2) is 21.7 Å². The van der Waals surface area contributed by atoms with Crippen LogP contribution in [0.1, 0.15) is 11.6 Å². The summed E-state index contributed by atoms with van der Waals surface area (Å²) in [6, 6.07) is 9.02. The van der Waals surface area contributed by atoms with Crippen LogP contribution >= 0.6 is 0 Å². The summed E-state index contributed by atoms with van der Waals surface area (Å²) in [4.78, 5) is 8.30. The summed E-state index contributed by atoms with van der Waals surface area (Å²) in [6.45, 7) is -0.0544. The van der Waals surface area contributed by atoms with Gasteiger partial charge in [-0.1, -0.05) is 24.3 Å². The maximum Gasteiger partial charge on any atom is 0.159 e. The van der Waals surface area contributed by atoms with Crippen molar-refractivity contribution in [3.8, 4) is 11.4 Å². The SMILES string of the molecule is NC(CO)c1ccc(-c2ncccn2)cc1. The summed E-state index contributed by atoms with van der Waals surface area (Å²) in [6.07, 6.45) is 3.41. The van der Waals surface area contributed by atoms with Crippen molar-refractivity contribution in [2.24, 2.45) is 5.73 Å². The fraction of sp³-hybridized carbons (Fsp3) is 0.167. The molecule has 0 bridgehead atoms. The second-order valence-corrected chi connectivity index (χ2v) is 3.48. The molecule has 16 heavy (non-hydrogen) atoms. The summed E-state index contributed by atoms with van der Waals surface area (Å²) < 4.78 is 0. The number of aromatic nitrogens is 2. The zero-order chi connectivity index (χ0) is 11.4. The molecule has 3 N–H and O–H groups in total. The molecule has 1 unspecified atom stereocenters. The summed E-state index contributed by atoms with van der Waals surface area (Å²) in [5, 5.41) is 8.92. The van der Waals surface area contributed by atoms with Crippen LogP contribution < -0.4 is 5.73 Å². The highest BCUT2D eigenvalue weighted by atomic mass is 16.3. The van der Waals surface area contributed by atoms with Gasteiger partial charge in [0.15, 0.2) is 5.82 Å². The second-order valence-electron chi connectivity index (χ2n) is 3.48. The molecule has 4 heteroatoms. The average Bonchev–Trinajstić information content (AvgIpc) is 2.39. The summed E-state index contributed by atoms with van der Waals surface area (Å²) in [5.74, 6) is 0.687. The number of hydrogen-bond acceptors (Lipinski definition) is 4. The lowest BCUT2D eigenvalue weighted by atomic mass is 10.1. The van der Waals surface area contributed by atoms with Crippen molar-refractivity contribution >= 4 is 0 Å². The van der Waals surface area contributed by atoms with E-state index in [-0.39, 0.29) is 12.6 Å². The quantitative estimate of drug-likeness (QED) is 0.805. The molecule has 1 aromatic heterocycles. The van der Waals surface area contributed by atoms with Gasteiger partial charge in [-0.2, -0.15) is 0 Å². The number of nitrogens with zero attached hydrogens (tertiary/aromatic N) is 2. The van der Waals surface area contributed by atoms with E-state index in [0.717, 1.165) is 11.1 Å². The highest BCUT2D eigenvalue weighted by Crippen LogP contribution is 2.17. The van der Waals surface area contributed by atoms with Gasteiger partial charge in [0.1, 0.15) is 0 Å². The number of aliphatic hydroxyl groups is 1. The van der Waals surface area contributed by atoms with Crippen LogP contribution in [0.2, 0.25) is 0 Å². The van der Waals surface area contributed by atoms with Gasteiger partial charge in [0.05, 0.1) is 12.6 Å². The Labute approximate surface area is 93.8 Å². The Morgan fingerprint density at radius 3 is 2.31 bits per heavy atom. The van der Waals surface area contributed by atoms with Crippen LogP contribution in [-0.2, 0) is 0 Å². The van der Waals surface area contributed by atoms with Crippen molar-refractivity contribution in [3.05, 3.63) is 48.3 Å². The minimum atomic E-state index is -0.328. The molecule has 1 atom stereocenters. The lowest BCUT2D eigenvalue weighted by molar-refractivity contribution is 0.268. The molecule has 0 radical (unpaired) electrons. The third kappa shape index (κ3) is 2.24. The fourth-order valence-electron chi connectivity index (χ4n) is 1.43. The van der Waals surface area contributed by atoms with Crippen molar-refractivity contribution < 1.29 is 5.11 Å². The third-order valence-electron chi connectivity index (χ3n) is 2.36. The van der Waals surface area contributed by atoms with Crippen LogP contribution in [0.15, 0.2) is 42.7 Å². The molecule has 0 spiro atoms. The monoisotopic (exact) mass is 215 g/mol. The van der Waals surface area contributed by atoms with Gasteiger partial charge in [-0.3, -0.25) is 0 Å². The van der Waals surface area contributed by atoms with Crippen LogP contribution in [0.25, 0.3) is 11.4 Å². The van der Waals surface area contributed by atoms with Gasteiger partial charge in [-0.15, -0.1) is 0 Å². The number of rotatable bonds is 3. The molecule has 82 valence electrons. The lowest BCUT2D eigenvalue weighted by Crippen LogP contribution is -2.14. The van der Waals surface area contributed by atoms with E-state index in [9.17, 15) is 0 Å². The Morgan fingerprint density at radius 1 is 1.12 bits per heavy atom. The third-order valence-corrected chi connectivity index (χ3v) is 2.36. The maximum absolute atomic E-state index is 8.92. The molecule has 0 aliphatic rings. The van der Waals surface area contributed by atoms with Crippen LogP contribution in [0, 0.1) is 0 Å². The van der Waals surface area contributed by atoms with Crippen molar-refractivity contribution in [3.63, 3.8) is 0 Å². The van der Waals surface area contributed by atoms with E-state index >= 15 is 0 Å². The zero-order valence-corrected chi connectivity index (χ0v) is 8.74. The zero-order valence-electron chi connectivity index (χ0n) is 8.74. The van der Waals surface area contributed by atoms with Crippen molar-refractivity contribution in [2.75, 3.05) is 6.61 Å². The smallest absolute Gasteiger partial charge is 0.159 e. The molecule has 4 nitrogen and oxygen atoms in total. The van der Waals surface area contributed by atoms with Crippen molar-refractivity contribution in [1.29, 1.82) is 0 Å². The predicted octanol–water partition coefficient (Wildman–Crippen LogP) is 1.14. The van der Waals surface area contributed by atoms with E-state index in [4.69, 9.17) is 10.8 Å². The Balaban J connectivity index is 2.26. The van der Waals surface area contributed by atoms with Gasteiger partial charge < -0.3 is 10.8 Å². The molecule has 0 saturated carbocycles. The van der Waals surface area contributed by atoms with Crippen LogP contribution in [0.4, 0.5) is 0 Å². The summed E-state index contributed by atoms with van der Waals surface area (Å²) >= 11 is 0. The minimum Gasteiger partial charge on any atom is -0.394 e. The second kappa shape index (κ2) is 4.83. The highest BCUT2D eigenvalue weighted by Gasteiger charge is 2.05. The van der Waals surface area contributed by atoms with E-state index in [1.165, 1.54) is 0 Å². The van der Waals surface area contributed by atoms with Crippen molar-refractivity contribution in [2.45, 2.75) is 6.04 Å². The van der Waals surface area contributed by atoms with Gasteiger partial charge in [0.25, 0.3) is 0 Å². The molecule has 2 aromatic rings. The molecule has 1 aromatic carbocycles. The average molecular weight is 215 g/mol. The molecule has 0 fully saturated rings. The fourth-order valence-corrected chi connectivity index (χ4v) is 1.43. The molecular formula is C12H13N3O. The van der Waals surface area contributed by atoms with Crippen LogP contribution in [0.5, 0.6) is 0 Å². The largest absolute Gasteiger partial charge is 0.394 e. The molecule has 0 aliphatic heterocycles. The standard InChI is InChI=1S/C12H13N3O/c13-11(8-16)9-2-4-10(5-3-9)12-14-6-1-7-15-12/h1-7,11,16H,8,13H2. The Kier molecular flexibility index (Phi) is 3.24. The first-order valence-corrected chi connectivity index (χ1v) is 5.05. The molecular weight excluding hydrogens is 202 g/mol. The van der Waals surface area contributed by atoms with Gasteiger partial charge in [-0.05, 0) is 11.6 Å². The molecule has 2 rings (SSSR count). The number of benzene rings is 1. The van der Waals surface area contributed by atoms with E-state index in [1.54, 1.807) is 18.5 Å². The number of hydrogen-bond donors (Lipinski definition) is 2. The maximum atomic E-state index is 8.92. The first-order chi connectivity index (χ1) is 7.81. The Hall–Kier alpha value is -1.78. The number of aliphatic hydroxyl groups excluding tert-OH is 1. The first-order valence-electron chi connectivity index (χ1n) is 5.05. The van der Waals surface area contributed by atoms with E-state index in [0.29, 0.717) is 5.82 Å². The highest BCUT2D eigenvalue weighted by molar-refractivity contribution is 5.54. The first kappa shape index (κ1) is 10.7. The van der Waals surface area contributed by atoms with Gasteiger partial charge in [0.2, 0.25) is 0 Å². The Bertz CT molecular complexity index is 442. The predicted molar refractivity (Wildman–Crippen MR) is 61.5 cm³/mol. The van der Waals surface area contributed by atoms with Crippen molar-refractivity contribution in [1.82, 2.24) is 9.97 Å². The molecule has 1 heterocycles. The van der Waals surface area contributed by atoms with Gasteiger partial charge >= 0.3 is 0 Å². The summed E-state index contributed by atoms with van der Waals surface area (Å²) in [7, 11) is 0. The lowest BCUT2D eigenvalue weighted by Gasteiger charge is -2.08. The topological polar surface area (TPSA) is 72.0 Å². The normalized spacial score (nSPS) is 12.4.